The first-order chi connectivity index (χ1) is 7.83. The lowest BCUT2D eigenvalue weighted by Gasteiger charge is -2.24. The Hall–Kier alpha value is -1.35. The minimum Gasteiger partial charge on any atom is -0.465 e. The van der Waals surface area contributed by atoms with Gasteiger partial charge in [0.15, 0.2) is 0 Å². The zero-order valence-electron chi connectivity index (χ0n) is 9.53. The monoisotopic (exact) mass is 219 g/mol. The minimum absolute atomic E-state index is 0.228. The molecule has 1 fully saturated rings. The summed E-state index contributed by atoms with van der Waals surface area (Å²) in [7, 11) is 1.43. The maximum Gasteiger partial charge on any atom is 0.338 e. The van der Waals surface area contributed by atoms with Crippen molar-refractivity contribution in [2.24, 2.45) is 0 Å². The number of ether oxygens (including phenoxy) is 1. The molecule has 1 saturated heterocycles. The van der Waals surface area contributed by atoms with Crippen molar-refractivity contribution in [2.75, 3.05) is 20.2 Å². The molecule has 0 saturated carbocycles. The number of nitrogens with one attached hydrogen (secondary N) is 1. The van der Waals surface area contributed by atoms with E-state index in [0.29, 0.717) is 5.92 Å². The van der Waals surface area contributed by atoms with E-state index >= 15 is 0 Å². The lowest BCUT2D eigenvalue weighted by molar-refractivity contribution is 0.0598. The van der Waals surface area contributed by atoms with Gasteiger partial charge < -0.3 is 10.1 Å². The highest BCUT2D eigenvalue weighted by atomic mass is 16.5. The third-order valence-electron chi connectivity index (χ3n) is 3.15. The fraction of sp³-hybridized carbons (Fsp3) is 0.462. The van der Waals surface area contributed by atoms with Crippen LogP contribution in [-0.4, -0.2) is 26.2 Å². The van der Waals surface area contributed by atoms with E-state index in [4.69, 9.17) is 4.74 Å². The molecule has 0 unspecified atom stereocenters. The lowest BCUT2D eigenvalue weighted by atomic mass is 9.87. The van der Waals surface area contributed by atoms with Crippen molar-refractivity contribution in [3.63, 3.8) is 0 Å². The van der Waals surface area contributed by atoms with Crippen molar-refractivity contribution < 1.29 is 9.53 Å². The zero-order chi connectivity index (χ0) is 11.4. The highest BCUT2D eigenvalue weighted by Crippen LogP contribution is 2.28. The minimum atomic E-state index is -0.228. The number of hydrogen-bond acceptors (Lipinski definition) is 3. The molecule has 1 heterocycles. The average molecular weight is 219 g/mol. The zero-order valence-corrected chi connectivity index (χ0v) is 9.53. The second-order valence-electron chi connectivity index (χ2n) is 4.10. The largest absolute Gasteiger partial charge is 0.465 e. The topological polar surface area (TPSA) is 38.3 Å². The smallest absolute Gasteiger partial charge is 0.338 e. The summed E-state index contributed by atoms with van der Waals surface area (Å²) in [5.41, 5.74) is 1.85. The van der Waals surface area contributed by atoms with Gasteiger partial charge in [-0.15, -0.1) is 0 Å². The molecule has 1 aliphatic rings. The van der Waals surface area contributed by atoms with Crippen LogP contribution >= 0.6 is 0 Å². The molecular formula is C13H17NO2. The first-order valence-corrected chi connectivity index (χ1v) is 5.71. The number of methoxy groups -OCH3 is 1. The fourth-order valence-electron chi connectivity index (χ4n) is 2.28. The van der Waals surface area contributed by atoms with Crippen LogP contribution in [0.4, 0.5) is 0 Å². The van der Waals surface area contributed by atoms with E-state index in [9.17, 15) is 4.79 Å². The number of piperidine rings is 1. The van der Waals surface area contributed by atoms with Gasteiger partial charge in [-0.05, 0) is 43.5 Å². The van der Waals surface area contributed by atoms with E-state index in [0.717, 1.165) is 37.1 Å². The van der Waals surface area contributed by atoms with E-state index in [1.165, 1.54) is 7.11 Å². The summed E-state index contributed by atoms with van der Waals surface area (Å²) >= 11 is 0. The molecule has 86 valence electrons. The van der Waals surface area contributed by atoms with Crippen LogP contribution in [0.25, 0.3) is 0 Å². The summed E-state index contributed by atoms with van der Waals surface area (Å²) in [6.45, 7) is 2.06. The Balaban J connectivity index is 2.28. The Labute approximate surface area is 95.8 Å². The third-order valence-corrected chi connectivity index (χ3v) is 3.15. The number of carbonyl (C=O) groups is 1. The van der Waals surface area contributed by atoms with Crippen LogP contribution in [0.1, 0.15) is 34.7 Å². The van der Waals surface area contributed by atoms with Crippen LogP contribution in [0, 0.1) is 0 Å². The van der Waals surface area contributed by atoms with E-state index in [1.54, 1.807) is 0 Å². The molecule has 1 aromatic rings. The van der Waals surface area contributed by atoms with Crippen LogP contribution < -0.4 is 5.32 Å². The Bertz CT molecular complexity index is 370. The summed E-state index contributed by atoms with van der Waals surface area (Å²) in [6.07, 6.45) is 2.18. The van der Waals surface area contributed by atoms with Gasteiger partial charge in [0.25, 0.3) is 0 Å². The Morgan fingerprint density at radius 3 is 2.69 bits per heavy atom. The second-order valence-corrected chi connectivity index (χ2v) is 4.10. The predicted molar refractivity (Wildman–Crippen MR) is 62.6 cm³/mol. The SMILES string of the molecule is COC(=O)c1ccccc1C1CCNCC1. The number of hydrogen-bond donors (Lipinski definition) is 1. The van der Waals surface area contributed by atoms with Crippen molar-refractivity contribution in [2.45, 2.75) is 18.8 Å². The van der Waals surface area contributed by atoms with Gasteiger partial charge in [-0.3, -0.25) is 0 Å². The predicted octanol–water partition coefficient (Wildman–Crippen LogP) is 1.94. The Morgan fingerprint density at radius 1 is 1.31 bits per heavy atom. The summed E-state index contributed by atoms with van der Waals surface area (Å²) in [4.78, 5) is 11.6. The Kier molecular flexibility index (Phi) is 3.57. The molecule has 3 heteroatoms. The standard InChI is InChI=1S/C13H17NO2/c1-16-13(15)12-5-3-2-4-11(12)10-6-8-14-9-7-10/h2-5,10,14H,6-9H2,1H3. The molecule has 16 heavy (non-hydrogen) atoms. The van der Waals surface area contributed by atoms with Gasteiger partial charge in [0, 0.05) is 0 Å². The molecule has 0 aromatic heterocycles. The highest BCUT2D eigenvalue weighted by molar-refractivity contribution is 5.91. The second kappa shape index (κ2) is 5.12. The number of esters is 1. The van der Waals surface area contributed by atoms with E-state index < -0.39 is 0 Å². The molecule has 0 bridgehead atoms. The van der Waals surface area contributed by atoms with Crippen molar-refractivity contribution in [3.05, 3.63) is 35.4 Å². The molecule has 2 rings (SSSR count). The molecule has 1 N–H and O–H groups in total. The van der Waals surface area contributed by atoms with Crippen molar-refractivity contribution in [3.8, 4) is 0 Å². The molecular weight excluding hydrogens is 202 g/mol. The van der Waals surface area contributed by atoms with Crippen LogP contribution in [0.2, 0.25) is 0 Å². The van der Waals surface area contributed by atoms with Crippen LogP contribution in [-0.2, 0) is 4.74 Å². The molecule has 1 aromatic carbocycles. The number of rotatable bonds is 2. The van der Waals surface area contributed by atoms with Crippen LogP contribution in [0.3, 0.4) is 0 Å². The van der Waals surface area contributed by atoms with E-state index in [2.05, 4.69) is 5.32 Å². The van der Waals surface area contributed by atoms with Crippen LogP contribution in [0.15, 0.2) is 24.3 Å². The summed E-state index contributed by atoms with van der Waals surface area (Å²) in [5.74, 6) is 0.255. The summed E-state index contributed by atoms with van der Waals surface area (Å²) in [6, 6.07) is 7.77. The maximum absolute atomic E-state index is 11.6. The normalized spacial score (nSPS) is 17.1. The third kappa shape index (κ3) is 2.25. The molecule has 0 aliphatic carbocycles. The number of carbonyl (C=O) groups excluding carboxylic acids is 1. The van der Waals surface area contributed by atoms with Gasteiger partial charge in [-0.25, -0.2) is 4.79 Å². The van der Waals surface area contributed by atoms with Gasteiger partial charge in [0.05, 0.1) is 12.7 Å². The first kappa shape index (κ1) is 11.1. The van der Waals surface area contributed by atoms with Gasteiger partial charge in [0.2, 0.25) is 0 Å². The average Bonchev–Trinajstić information content (AvgIpc) is 2.39. The molecule has 0 amide bonds. The van der Waals surface area contributed by atoms with Crippen molar-refractivity contribution >= 4 is 5.97 Å². The molecule has 0 atom stereocenters. The van der Waals surface area contributed by atoms with Gasteiger partial charge in [0.1, 0.15) is 0 Å². The number of benzene rings is 1. The van der Waals surface area contributed by atoms with Gasteiger partial charge in [-0.1, -0.05) is 18.2 Å². The summed E-state index contributed by atoms with van der Waals surface area (Å²) < 4.78 is 4.81. The van der Waals surface area contributed by atoms with E-state index in [1.807, 2.05) is 24.3 Å². The lowest BCUT2D eigenvalue weighted by Crippen LogP contribution is -2.27. The van der Waals surface area contributed by atoms with Gasteiger partial charge in [-0.2, -0.15) is 0 Å². The molecule has 0 radical (unpaired) electrons. The molecule has 1 aliphatic heterocycles. The highest BCUT2D eigenvalue weighted by Gasteiger charge is 2.20. The molecule has 3 nitrogen and oxygen atoms in total. The van der Waals surface area contributed by atoms with Crippen molar-refractivity contribution in [1.29, 1.82) is 0 Å². The van der Waals surface area contributed by atoms with Crippen LogP contribution in [0.5, 0.6) is 0 Å². The van der Waals surface area contributed by atoms with Gasteiger partial charge >= 0.3 is 5.97 Å². The Morgan fingerprint density at radius 2 is 2.00 bits per heavy atom. The maximum atomic E-state index is 11.6. The quantitative estimate of drug-likeness (QED) is 0.772. The molecule has 0 spiro atoms. The van der Waals surface area contributed by atoms with Crippen molar-refractivity contribution in [1.82, 2.24) is 5.32 Å². The fourth-order valence-corrected chi connectivity index (χ4v) is 2.28. The van der Waals surface area contributed by atoms with E-state index in [-0.39, 0.29) is 5.97 Å². The first-order valence-electron chi connectivity index (χ1n) is 5.71. The summed E-state index contributed by atoms with van der Waals surface area (Å²) in [5, 5.41) is 3.33.